The fourth-order valence-corrected chi connectivity index (χ4v) is 3.56. The molecule has 0 radical (unpaired) electrons. The number of carbonyl (C=O) groups excluding carboxylic acids is 2. The topological polar surface area (TPSA) is 58.6 Å². The van der Waals surface area contributed by atoms with E-state index in [1.165, 1.54) is 0 Å². The van der Waals surface area contributed by atoms with Gasteiger partial charge in [0.15, 0.2) is 6.10 Å². The summed E-state index contributed by atoms with van der Waals surface area (Å²) in [6, 6.07) is 15.4. The zero-order valence-corrected chi connectivity index (χ0v) is 16.9. The molecule has 1 N–H and O–H groups in total. The average molecular weight is 380 g/mol. The normalized spacial score (nSPS) is 17.5. The minimum atomic E-state index is -0.522. The van der Waals surface area contributed by atoms with Gasteiger partial charge in [-0.25, -0.2) is 0 Å². The molecular formula is C23H28N2O3. The number of ether oxygens (including phenoxy) is 1. The Balaban J connectivity index is 1.82. The predicted octanol–water partition coefficient (Wildman–Crippen LogP) is 4.34. The fraction of sp³-hybridized carbons (Fsp3) is 0.391. The van der Waals surface area contributed by atoms with Crippen molar-refractivity contribution < 1.29 is 14.3 Å². The molecule has 5 heteroatoms. The van der Waals surface area contributed by atoms with E-state index in [9.17, 15) is 9.59 Å². The number of anilines is 1. The van der Waals surface area contributed by atoms with Crippen molar-refractivity contribution in [3.8, 4) is 5.75 Å². The molecule has 1 aliphatic heterocycles. The quantitative estimate of drug-likeness (QED) is 0.840. The molecule has 0 aliphatic carbocycles. The molecule has 2 aromatic rings. The number of hydrogen-bond acceptors (Lipinski definition) is 3. The summed E-state index contributed by atoms with van der Waals surface area (Å²) in [6.45, 7) is 8.24. The van der Waals surface area contributed by atoms with E-state index < -0.39 is 6.10 Å². The lowest BCUT2D eigenvalue weighted by atomic mass is 9.95. The van der Waals surface area contributed by atoms with E-state index in [1.54, 1.807) is 11.8 Å². The molecule has 1 aliphatic rings. The number of nitrogens with zero attached hydrogens (tertiary/aromatic N) is 1. The molecular weight excluding hydrogens is 352 g/mol. The molecule has 2 atom stereocenters. The van der Waals surface area contributed by atoms with E-state index in [4.69, 9.17) is 4.74 Å². The minimum absolute atomic E-state index is 0.0214. The van der Waals surface area contributed by atoms with E-state index in [-0.39, 0.29) is 23.8 Å². The Morgan fingerprint density at radius 1 is 1.21 bits per heavy atom. The number of carbonyl (C=O) groups is 2. The monoisotopic (exact) mass is 380 g/mol. The highest BCUT2D eigenvalue weighted by Crippen LogP contribution is 2.30. The number of fused-ring (bicyclic) bond motifs is 1. The van der Waals surface area contributed by atoms with Gasteiger partial charge in [-0.3, -0.25) is 9.59 Å². The maximum absolute atomic E-state index is 12.8. The molecule has 0 fully saturated rings. The van der Waals surface area contributed by atoms with Crippen molar-refractivity contribution in [3.05, 3.63) is 59.7 Å². The summed E-state index contributed by atoms with van der Waals surface area (Å²) >= 11 is 0. The zero-order chi connectivity index (χ0) is 20.3. The summed E-state index contributed by atoms with van der Waals surface area (Å²) < 4.78 is 5.84. The molecule has 1 heterocycles. The van der Waals surface area contributed by atoms with Crippen LogP contribution < -0.4 is 10.1 Å². The van der Waals surface area contributed by atoms with Gasteiger partial charge in [0.05, 0.1) is 5.92 Å². The maximum atomic E-state index is 12.8. The number of hydrogen-bond donors (Lipinski definition) is 1. The van der Waals surface area contributed by atoms with Crippen LogP contribution in [0.3, 0.4) is 0 Å². The molecule has 148 valence electrons. The zero-order valence-electron chi connectivity index (χ0n) is 16.9. The molecule has 28 heavy (non-hydrogen) atoms. The Morgan fingerprint density at radius 2 is 1.93 bits per heavy atom. The van der Waals surface area contributed by atoms with Crippen molar-refractivity contribution in [2.75, 3.05) is 5.32 Å². The Bertz CT molecular complexity index is 848. The Kier molecular flexibility index (Phi) is 6.02. The molecule has 5 nitrogen and oxygen atoms in total. The van der Waals surface area contributed by atoms with E-state index in [1.807, 2.05) is 69.3 Å². The molecule has 2 aromatic carbocycles. The lowest BCUT2D eigenvalue weighted by Gasteiger charge is -2.26. The average Bonchev–Trinajstić information content (AvgIpc) is 2.80. The summed E-state index contributed by atoms with van der Waals surface area (Å²) in [5.74, 6) is 0.433. The third-order valence-corrected chi connectivity index (χ3v) is 5.15. The van der Waals surface area contributed by atoms with Gasteiger partial charge in [-0.2, -0.15) is 0 Å². The molecule has 3 rings (SSSR count). The second kappa shape index (κ2) is 8.46. The van der Waals surface area contributed by atoms with Crippen LogP contribution in [-0.2, 0) is 16.1 Å². The van der Waals surface area contributed by atoms with Gasteiger partial charge < -0.3 is 15.0 Å². The molecule has 0 bridgehead atoms. The number of amides is 2. The largest absolute Gasteiger partial charge is 0.481 e. The van der Waals surface area contributed by atoms with Gasteiger partial charge in [-0.1, -0.05) is 37.3 Å². The molecule has 0 spiro atoms. The Hall–Kier alpha value is -2.82. The SMILES string of the molecule is CC[C@H](C(=O)Nc1ccc2c(c1)CN(C(C)C)C(=O)[C@@H](C)O2)c1ccccc1. The van der Waals surface area contributed by atoms with Crippen LogP contribution >= 0.6 is 0 Å². The van der Waals surface area contributed by atoms with E-state index >= 15 is 0 Å². The van der Waals surface area contributed by atoms with Gasteiger partial charge in [0, 0.05) is 23.8 Å². The highest BCUT2D eigenvalue weighted by molar-refractivity contribution is 5.96. The lowest BCUT2D eigenvalue weighted by molar-refractivity contribution is -0.139. The van der Waals surface area contributed by atoms with Crippen LogP contribution in [0.2, 0.25) is 0 Å². The first-order valence-corrected chi connectivity index (χ1v) is 9.86. The standard InChI is InChI=1S/C23H28N2O3/c1-5-20(17-9-7-6-8-10-17)22(26)24-19-11-12-21-18(13-19)14-25(15(2)3)23(27)16(4)28-21/h6-13,15-16,20H,5,14H2,1-4H3,(H,24,26)/t16-,20+/m1/s1. The molecule has 0 saturated carbocycles. The number of nitrogens with one attached hydrogen (secondary N) is 1. The van der Waals surface area contributed by atoms with E-state index in [2.05, 4.69) is 5.32 Å². The maximum Gasteiger partial charge on any atom is 0.263 e. The first-order chi connectivity index (χ1) is 13.4. The second-order valence-electron chi connectivity index (χ2n) is 7.50. The lowest BCUT2D eigenvalue weighted by Crippen LogP contribution is -2.41. The summed E-state index contributed by atoms with van der Waals surface area (Å²) in [5.41, 5.74) is 2.62. The van der Waals surface area contributed by atoms with Crippen LogP contribution in [0.5, 0.6) is 5.75 Å². The van der Waals surface area contributed by atoms with Crippen LogP contribution in [0, 0.1) is 0 Å². The first kappa shape index (κ1) is 19.9. The summed E-state index contributed by atoms with van der Waals surface area (Å²) in [6.07, 6.45) is 0.198. The number of rotatable bonds is 5. The van der Waals surface area contributed by atoms with Gasteiger partial charge in [0.1, 0.15) is 5.75 Å². The van der Waals surface area contributed by atoms with Crippen LogP contribution in [-0.4, -0.2) is 28.9 Å². The van der Waals surface area contributed by atoms with Gasteiger partial charge in [-0.15, -0.1) is 0 Å². The first-order valence-electron chi connectivity index (χ1n) is 9.86. The van der Waals surface area contributed by atoms with Gasteiger partial charge >= 0.3 is 0 Å². The summed E-state index contributed by atoms with van der Waals surface area (Å²) in [5, 5.41) is 3.03. The fourth-order valence-electron chi connectivity index (χ4n) is 3.56. The third-order valence-electron chi connectivity index (χ3n) is 5.15. The summed E-state index contributed by atoms with van der Waals surface area (Å²) in [4.78, 5) is 27.2. The van der Waals surface area contributed by atoms with Gasteiger partial charge in [0.2, 0.25) is 5.91 Å². The predicted molar refractivity (Wildman–Crippen MR) is 110 cm³/mol. The second-order valence-corrected chi connectivity index (χ2v) is 7.50. The van der Waals surface area contributed by atoms with Crippen molar-refractivity contribution >= 4 is 17.5 Å². The molecule has 0 saturated heterocycles. The van der Waals surface area contributed by atoms with Crippen molar-refractivity contribution in [2.45, 2.75) is 58.7 Å². The Morgan fingerprint density at radius 3 is 2.57 bits per heavy atom. The molecule has 2 amide bonds. The van der Waals surface area contributed by atoms with Crippen LogP contribution in [0.1, 0.15) is 51.2 Å². The smallest absolute Gasteiger partial charge is 0.263 e. The third kappa shape index (κ3) is 4.19. The highest BCUT2D eigenvalue weighted by atomic mass is 16.5. The van der Waals surface area contributed by atoms with Crippen molar-refractivity contribution in [1.82, 2.24) is 4.90 Å². The molecule has 0 unspecified atom stereocenters. The van der Waals surface area contributed by atoms with Gasteiger partial charge in [0.25, 0.3) is 5.91 Å². The van der Waals surface area contributed by atoms with E-state index in [0.29, 0.717) is 18.0 Å². The van der Waals surface area contributed by atoms with Gasteiger partial charge in [-0.05, 0) is 51.0 Å². The summed E-state index contributed by atoms with van der Waals surface area (Å²) in [7, 11) is 0. The van der Waals surface area contributed by atoms with Crippen LogP contribution in [0.25, 0.3) is 0 Å². The minimum Gasteiger partial charge on any atom is -0.481 e. The van der Waals surface area contributed by atoms with Crippen molar-refractivity contribution in [3.63, 3.8) is 0 Å². The highest BCUT2D eigenvalue weighted by Gasteiger charge is 2.29. The Labute approximate surface area is 166 Å². The van der Waals surface area contributed by atoms with Crippen molar-refractivity contribution in [2.24, 2.45) is 0 Å². The van der Waals surface area contributed by atoms with Crippen LogP contribution in [0.15, 0.2) is 48.5 Å². The van der Waals surface area contributed by atoms with Crippen LogP contribution in [0.4, 0.5) is 5.69 Å². The van der Waals surface area contributed by atoms with E-state index in [0.717, 1.165) is 17.5 Å². The number of benzene rings is 2. The molecule has 0 aromatic heterocycles. The van der Waals surface area contributed by atoms with Crippen molar-refractivity contribution in [1.29, 1.82) is 0 Å².